The number of alkyl halides is 3. The van der Waals surface area contributed by atoms with Crippen molar-refractivity contribution in [2.75, 3.05) is 24.5 Å². The zero-order valence-corrected chi connectivity index (χ0v) is 18.9. The van der Waals surface area contributed by atoms with Gasteiger partial charge in [0, 0.05) is 60.0 Å². The smallest absolute Gasteiger partial charge is 0.348 e. The minimum Gasteiger partial charge on any atom is -0.348 e. The lowest BCUT2D eigenvalue weighted by atomic mass is 10.0. The van der Waals surface area contributed by atoms with Gasteiger partial charge in [-0.2, -0.15) is 13.2 Å². The van der Waals surface area contributed by atoms with Gasteiger partial charge in [-0.1, -0.05) is 30.3 Å². The zero-order chi connectivity index (χ0) is 24.6. The Morgan fingerprint density at radius 1 is 0.943 bits per heavy atom. The van der Waals surface area contributed by atoms with E-state index in [2.05, 4.69) is 20.1 Å². The van der Waals surface area contributed by atoms with E-state index < -0.39 is 11.7 Å². The Morgan fingerprint density at radius 2 is 1.69 bits per heavy atom. The fourth-order valence-electron chi connectivity index (χ4n) is 4.45. The SMILES string of the molecule is CC1CN(C(=O)c2ccccc2)CCN1c1nnc(-c2ccc(C(F)(F)F)cc2)c2ccncc12. The van der Waals surface area contributed by atoms with Crippen LogP contribution in [0.3, 0.4) is 0 Å². The van der Waals surface area contributed by atoms with Crippen molar-refractivity contribution in [1.29, 1.82) is 0 Å². The molecule has 3 heterocycles. The third kappa shape index (κ3) is 4.41. The minimum absolute atomic E-state index is 0.00707. The normalized spacial score (nSPS) is 16.5. The first-order valence-corrected chi connectivity index (χ1v) is 11.2. The van der Waals surface area contributed by atoms with E-state index in [0.29, 0.717) is 42.3 Å². The lowest BCUT2D eigenvalue weighted by molar-refractivity contribution is -0.137. The fraction of sp³-hybridized carbons (Fsp3) is 0.231. The van der Waals surface area contributed by atoms with Gasteiger partial charge in [-0.05, 0) is 37.3 Å². The highest BCUT2D eigenvalue weighted by atomic mass is 19.4. The Hall–Kier alpha value is -4.01. The highest BCUT2D eigenvalue weighted by Crippen LogP contribution is 2.34. The monoisotopic (exact) mass is 477 g/mol. The maximum Gasteiger partial charge on any atom is 0.416 e. The fourth-order valence-corrected chi connectivity index (χ4v) is 4.45. The van der Waals surface area contributed by atoms with Crippen LogP contribution in [-0.2, 0) is 6.18 Å². The van der Waals surface area contributed by atoms with Crippen LogP contribution in [0.25, 0.3) is 22.0 Å². The van der Waals surface area contributed by atoms with Crippen LogP contribution in [0.1, 0.15) is 22.8 Å². The molecule has 0 spiro atoms. The van der Waals surface area contributed by atoms with E-state index in [0.717, 1.165) is 22.9 Å². The van der Waals surface area contributed by atoms with Gasteiger partial charge in [0.15, 0.2) is 5.82 Å². The molecule has 0 aliphatic carbocycles. The van der Waals surface area contributed by atoms with E-state index in [1.807, 2.05) is 42.2 Å². The Labute approximate surface area is 200 Å². The molecule has 4 aromatic rings. The van der Waals surface area contributed by atoms with Crippen LogP contribution in [0.5, 0.6) is 0 Å². The summed E-state index contributed by atoms with van der Waals surface area (Å²) in [5.41, 5.74) is 0.974. The van der Waals surface area contributed by atoms with Crippen LogP contribution < -0.4 is 4.90 Å². The highest BCUT2D eigenvalue weighted by Gasteiger charge is 2.31. The van der Waals surface area contributed by atoms with Gasteiger partial charge in [0.1, 0.15) is 5.69 Å². The van der Waals surface area contributed by atoms with E-state index in [4.69, 9.17) is 0 Å². The van der Waals surface area contributed by atoms with Gasteiger partial charge in [0.25, 0.3) is 5.91 Å². The van der Waals surface area contributed by atoms with E-state index in [1.165, 1.54) is 12.1 Å². The number of pyridine rings is 1. The predicted octanol–water partition coefficient (Wildman–Crippen LogP) is 5.06. The molecule has 0 saturated carbocycles. The molecular formula is C26H22F3N5O. The molecule has 1 unspecified atom stereocenters. The van der Waals surface area contributed by atoms with Crippen LogP contribution in [0.2, 0.25) is 0 Å². The summed E-state index contributed by atoms with van der Waals surface area (Å²) in [6.45, 7) is 3.65. The molecule has 1 aliphatic rings. The third-order valence-corrected chi connectivity index (χ3v) is 6.25. The Morgan fingerprint density at radius 3 is 2.37 bits per heavy atom. The second-order valence-corrected chi connectivity index (χ2v) is 8.53. The molecule has 35 heavy (non-hydrogen) atoms. The van der Waals surface area contributed by atoms with Crippen LogP contribution in [0.15, 0.2) is 73.1 Å². The quantitative estimate of drug-likeness (QED) is 0.413. The molecule has 1 aliphatic heterocycles. The van der Waals surface area contributed by atoms with Gasteiger partial charge >= 0.3 is 6.18 Å². The number of hydrogen-bond donors (Lipinski definition) is 0. The molecule has 6 nitrogen and oxygen atoms in total. The number of benzene rings is 2. The number of carbonyl (C=O) groups is 1. The van der Waals surface area contributed by atoms with Gasteiger partial charge in [-0.3, -0.25) is 9.78 Å². The third-order valence-electron chi connectivity index (χ3n) is 6.25. The Kier molecular flexibility index (Phi) is 5.84. The van der Waals surface area contributed by atoms with Crippen molar-refractivity contribution in [3.63, 3.8) is 0 Å². The average molecular weight is 477 g/mol. The lowest BCUT2D eigenvalue weighted by Crippen LogP contribution is -2.54. The predicted molar refractivity (Wildman–Crippen MR) is 127 cm³/mol. The minimum atomic E-state index is -4.40. The molecular weight excluding hydrogens is 455 g/mol. The Bertz CT molecular complexity index is 1360. The first-order valence-electron chi connectivity index (χ1n) is 11.2. The molecule has 2 aromatic carbocycles. The number of anilines is 1. The summed E-state index contributed by atoms with van der Waals surface area (Å²) in [4.78, 5) is 21.1. The van der Waals surface area contributed by atoms with E-state index >= 15 is 0 Å². The van der Waals surface area contributed by atoms with Crippen molar-refractivity contribution in [3.8, 4) is 11.3 Å². The van der Waals surface area contributed by atoms with Gasteiger partial charge < -0.3 is 9.80 Å². The van der Waals surface area contributed by atoms with Gasteiger partial charge in [0.2, 0.25) is 0 Å². The van der Waals surface area contributed by atoms with Crippen molar-refractivity contribution in [1.82, 2.24) is 20.1 Å². The first kappa shape index (κ1) is 22.8. The Balaban J connectivity index is 1.44. The highest BCUT2D eigenvalue weighted by molar-refractivity contribution is 6.00. The summed E-state index contributed by atoms with van der Waals surface area (Å²) in [7, 11) is 0. The summed E-state index contributed by atoms with van der Waals surface area (Å²) < 4.78 is 38.9. The van der Waals surface area contributed by atoms with Crippen LogP contribution >= 0.6 is 0 Å². The van der Waals surface area contributed by atoms with E-state index in [-0.39, 0.29) is 11.9 Å². The molecule has 2 aromatic heterocycles. The molecule has 178 valence electrons. The number of halogens is 3. The van der Waals surface area contributed by atoms with Crippen LogP contribution in [-0.4, -0.2) is 51.7 Å². The molecule has 1 fully saturated rings. The van der Waals surface area contributed by atoms with Gasteiger partial charge in [-0.15, -0.1) is 10.2 Å². The summed E-state index contributed by atoms with van der Waals surface area (Å²) in [5.74, 6) is 0.635. The van der Waals surface area contributed by atoms with Crippen molar-refractivity contribution < 1.29 is 18.0 Å². The van der Waals surface area contributed by atoms with Crippen molar-refractivity contribution in [2.45, 2.75) is 19.1 Å². The number of carbonyl (C=O) groups excluding carboxylic acids is 1. The summed E-state index contributed by atoms with van der Waals surface area (Å²) in [6.07, 6.45) is -1.08. The van der Waals surface area contributed by atoms with Crippen molar-refractivity contribution in [3.05, 3.63) is 84.2 Å². The number of hydrogen-bond acceptors (Lipinski definition) is 5. The standard InChI is InChI=1S/C26H22F3N5O/c1-17-16-33(25(35)19-5-3-2-4-6-19)13-14-34(17)24-22-15-30-12-11-21(22)23(31-32-24)18-7-9-20(10-8-18)26(27,28)29/h2-12,15,17H,13-14,16H2,1H3. The van der Waals surface area contributed by atoms with Crippen molar-refractivity contribution in [2.24, 2.45) is 0 Å². The first-order chi connectivity index (χ1) is 16.8. The van der Waals surface area contributed by atoms with Gasteiger partial charge in [-0.25, -0.2) is 0 Å². The number of piperazine rings is 1. The molecule has 5 rings (SSSR count). The number of rotatable bonds is 3. The number of aromatic nitrogens is 3. The zero-order valence-electron chi connectivity index (χ0n) is 18.9. The van der Waals surface area contributed by atoms with Crippen LogP contribution in [0, 0.1) is 0 Å². The topological polar surface area (TPSA) is 62.2 Å². The largest absolute Gasteiger partial charge is 0.416 e. The molecule has 0 bridgehead atoms. The van der Waals surface area contributed by atoms with Crippen molar-refractivity contribution >= 4 is 22.5 Å². The summed E-state index contributed by atoms with van der Waals surface area (Å²) in [5, 5.41) is 10.4. The number of nitrogens with zero attached hydrogens (tertiary/aromatic N) is 5. The maximum absolute atomic E-state index is 13.0. The van der Waals surface area contributed by atoms with E-state index in [9.17, 15) is 18.0 Å². The van der Waals surface area contributed by atoms with Gasteiger partial charge in [0.05, 0.1) is 5.56 Å². The molecule has 9 heteroatoms. The molecule has 1 atom stereocenters. The van der Waals surface area contributed by atoms with Crippen LogP contribution in [0.4, 0.5) is 19.0 Å². The lowest BCUT2D eigenvalue weighted by Gasteiger charge is -2.40. The molecule has 0 radical (unpaired) electrons. The second-order valence-electron chi connectivity index (χ2n) is 8.53. The number of amides is 1. The maximum atomic E-state index is 13.0. The summed E-state index contributed by atoms with van der Waals surface area (Å²) in [6, 6.07) is 15.9. The average Bonchev–Trinajstić information content (AvgIpc) is 2.88. The molecule has 1 amide bonds. The molecule has 0 N–H and O–H groups in total. The molecule has 1 saturated heterocycles. The van der Waals surface area contributed by atoms with E-state index in [1.54, 1.807) is 18.5 Å². The summed E-state index contributed by atoms with van der Waals surface area (Å²) >= 11 is 0. The number of fused-ring (bicyclic) bond motifs is 1. The second kappa shape index (κ2) is 8.98.